The second-order valence-electron chi connectivity index (χ2n) is 7.53. The van der Waals surface area contributed by atoms with E-state index in [4.69, 9.17) is 9.47 Å². The fraction of sp³-hybridized carbons (Fsp3) is 0.455. The van der Waals surface area contributed by atoms with Crippen LogP contribution in [0.4, 0.5) is 5.69 Å². The van der Waals surface area contributed by atoms with Crippen LogP contribution in [0.5, 0.6) is 11.5 Å². The van der Waals surface area contributed by atoms with E-state index in [1.807, 2.05) is 6.07 Å². The van der Waals surface area contributed by atoms with Crippen molar-refractivity contribution in [2.75, 3.05) is 51.8 Å². The molecule has 1 aliphatic heterocycles. The van der Waals surface area contributed by atoms with Crippen molar-refractivity contribution in [3.8, 4) is 11.5 Å². The van der Waals surface area contributed by atoms with Gasteiger partial charge in [-0.25, -0.2) is 13.1 Å². The summed E-state index contributed by atoms with van der Waals surface area (Å²) in [7, 11) is -0.634. The Labute approximate surface area is 179 Å². The largest absolute Gasteiger partial charge is 0.493 e. The monoisotopic (exact) mass is 433 g/mol. The number of nitrogens with one attached hydrogen (secondary N) is 1. The highest BCUT2D eigenvalue weighted by molar-refractivity contribution is 7.89. The number of anilines is 1. The molecule has 0 aromatic heterocycles. The summed E-state index contributed by atoms with van der Waals surface area (Å²) in [4.78, 5) is 4.89. The summed E-state index contributed by atoms with van der Waals surface area (Å²) >= 11 is 0. The molecule has 1 heterocycles. The molecule has 164 valence electrons. The van der Waals surface area contributed by atoms with Crippen molar-refractivity contribution in [2.45, 2.75) is 24.8 Å². The van der Waals surface area contributed by atoms with Gasteiger partial charge in [-0.1, -0.05) is 18.2 Å². The lowest BCUT2D eigenvalue weighted by atomic mass is 10.2. The molecular formula is C22H31N3O4S. The van der Waals surface area contributed by atoms with Crippen LogP contribution in [0.15, 0.2) is 47.4 Å². The molecule has 0 radical (unpaired) electrons. The molecule has 3 rings (SSSR count). The second kappa shape index (κ2) is 9.68. The number of ether oxygens (including phenoxy) is 2. The van der Waals surface area contributed by atoms with E-state index in [-0.39, 0.29) is 10.9 Å². The van der Waals surface area contributed by atoms with Crippen molar-refractivity contribution in [1.29, 1.82) is 0 Å². The highest BCUT2D eigenvalue weighted by Crippen LogP contribution is 2.32. The number of aryl methyl sites for hydroxylation is 1. The number of rotatable bonds is 8. The lowest BCUT2D eigenvalue weighted by Gasteiger charge is -2.39. The summed E-state index contributed by atoms with van der Waals surface area (Å²) in [5, 5.41) is 0. The van der Waals surface area contributed by atoms with Crippen LogP contribution in [0, 0.1) is 6.92 Å². The maximum Gasteiger partial charge on any atom is 0.241 e. The molecule has 1 unspecified atom stereocenters. The number of hydrogen-bond acceptors (Lipinski definition) is 6. The minimum absolute atomic E-state index is 0.0955. The molecule has 0 saturated carbocycles. The Morgan fingerprint density at radius 3 is 2.20 bits per heavy atom. The van der Waals surface area contributed by atoms with Crippen molar-refractivity contribution in [3.05, 3.63) is 48.0 Å². The van der Waals surface area contributed by atoms with Gasteiger partial charge >= 0.3 is 0 Å². The zero-order chi connectivity index (χ0) is 21.7. The molecule has 1 fully saturated rings. The molecule has 0 spiro atoms. The first-order valence-electron chi connectivity index (χ1n) is 10.1. The van der Waals surface area contributed by atoms with Crippen LogP contribution in [-0.2, 0) is 10.0 Å². The molecule has 30 heavy (non-hydrogen) atoms. The Morgan fingerprint density at radius 2 is 1.60 bits per heavy atom. The van der Waals surface area contributed by atoms with Crippen molar-refractivity contribution in [2.24, 2.45) is 0 Å². The lowest BCUT2D eigenvalue weighted by molar-refractivity contribution is 0.198. The first kappa shape index (κ1) is 22.4. The zero-order valence-corrected chi connectivity index (χ0v) is 18.9. The van der Waals surface area contributed by atoms with E-state index in [0.29, 0.717) is 23.6 Å². The van der Waals surface area contributed by atoms with Crippen molar-refractivity contribution in [1.82, 2.24) is 9.62 Å². The van der Waals surface area contributed by atoms with Crippen molar-refractivity contribution >= 4 is 15.7 Å². The van der Waals surface area contributed by atoms with Gasteiger partial charge in [-0.3, -0.25) is 4.90 Å². The predicted molar refractivity (Wildman–Crippen MR) is 119 cm³/mol. The van der Waals surface area contributed by atoms with Gasteiger partial charge in [0.05, 0.1) is 19.1 Å². The number of benzene rings is 2. The Balaban J connectivity index is 1.60. The number of methoxy groups -OCH3 is 2. The van der Waals surface area contributed by atoms with Crippen LogP contribution in [0.2, 0.25) is 0 Å². The first-order valence-corrected chi connectivity index (χ1v) is 11.6. The summed E-state index contributed by atoms with van der Waals surface area (Å²) in [5.41, 5.74) is 1.85. The summed E-state index contributed by atoms with van der Waals surface area (Å²) in [5.74, 6) is 0.909. The third-order valence-corrected chi connectivity index (χ3v) is 7.16. The molecule has 1 aliphatic rings. The lowest BCUT2D eigenvalue weighted by Crippen LogP contribution is -2.52. The van der Waals surface area contributed by atoms with Gasteiger partial charge in [0.15, 0.2) is 11.5 Å². The van der Waals surface area contributed by atoms with Crippen molar-refractivity contribution < 1.29 is 17.9 Å². The van der Waals surface area contributed by atoms with Gasteiger partial charge in [-0.15, -0.1) is 0 Å². The SMILES string of the molecule is COc1cc(C)c(S(=O)(=O)NCC(C)N2CCN(c3ccccc3)CC2)cc1OC. The molecular weight excluding hydrogens is 402 g/mol. The second-order valence-corrected chi connectivity index (χ2v) is 9.27. The molecule has 0 aliphatic carbocycles. The number of hydrogen-bond donors (Lipinski definition) is 1. The van der Waals surface area contributed by atoms with Gasteiger partial charge in [0.25, 0.3) is 0 Å². The van der Waals surface area contributed by atoms with Gasteiger partial charge in [0.2, 0.25) is 10.0 Å². The number of piperazine rings is 1. The van der Waals surface area contributed by atoms with E-state index in [1.54, 1.807) is 13.0 Å². The van der Waals surface area contributed by atoms with E-state index >= 15 is 0 Å². The molecule has 2 aromatic carbocycles. The van der Waals surface area contributed by atoms with Crippen LogP contribution in [0.3, 0.4) is 0 Å². The maximum atomic E-state index is 12.9. The van der Waals surface area contributed by atoms with Gasteiger partial charge < -0.3 is 14.4 Å². The standard InChI is InChI=1S/C22H31N3O4S/c1-17-14-20(28-3)21(29-4)15-22(17)30(26,27)23-16-18(2)24-10-12-25(13-11-24)19-8-6-5-7-9-19/h5-9,14-15,18,23H,10-13,16H2,1-4H3. The fourth-order valence-corrected chi connectivity index (χ4v) is 5.11. The predicted octanol–water partition coefficient (Wildman–Crippen LogP) is 2.50. The minimum Gasteiger partial charge on any atom is -0.493 e. The van der Waals surface area contributed by atoms with Gasteiger partial charge in [-0.05, 0) is 37.6 Å². The van der Waals surface area contributed by atoms with E-state index < -0.39 is 10.0 Å². The zero-order valence-electron chi connectivity index (χ0n) is 18.1. The molecule has 1 atom stereocenters. The number of sulfonamides is 1. The molecule has 0 amide bonds. The van der Waals surface area contributed by atoms with Crippen LogP contribution >= 0.6 is 0 Å². The quantitative estimate of drug-likeness (QED) is 0.690. The topological polar surface area (TPSA) is 71.1 Å². The Hall–Kier alpha value is -2.29. The molecule has 0 bridgehead atoms. The number of nitrogens with zero attached hydrogens (tertiary/aromatic N) is 2. The maximum absolute atomic E-state index is 12.9. The highest BCUT2D eigenvalue weighted by atomic mass is 32.2. The average Bonchev–Trinajstić information content (AvgIpc) is 2.77. The van der Waals surface area contributed by atoms with E-state index in [9.17, 15) is 8.42 Å². The molecule has 1 N–H and O–H groups in total. The Kier molecular flexibility index (Phi) is 7.23. The van der Waals surface area contributed by atoms with Gasteiger partial charge in [0, 0.05) is 50.5 Å². The van der Waals surface area contributed by atoms with E-state index in [0.717, 1.165) is 26.2 Å². The van der Waals surface area contributed by atoms with Crippen LogP contribution in [0.1, 0.15) is 12.5 Å². The average molecular weight is 434 g/mol. The highest BCUT2D eigenvalue weighted by Gasteiger charge is 2.25. The normalized spacial score (nSPS) is 16.3. The fourth-order valence-electron chi connectivity index (χ4n) is 3.75. The Morgan fingerprint density at radius 1 is 1.00 bits per heavy atom. The molecule has 1 saturated heterocycles. The van der Waals surface area contributed by atoms with E-state index in [1.165, 1.54) is 26.0 Å². The molecule has 7 nitrogen and oxygen atoms in total. The molecule has 2 aromatic rings. The van der Waals surface area contributed by atoms with E-state index in [2.05, 4.69) is 45.7 Å². The van der Waals surface area contributed by atoms with Gasteiger partial charge in [0.1, 0.15) is 0 Å². The van der Waals surface area contributed by atoms with Crippen LogP contribution < -0.4 is 19.1 Å². The van der Waals surface area contributed by atoms with Crippen LogP contribution in [0.25, 0.3) is 0 Å². The van der Waals surface area contributed by atoms with Gasteiger partial charge in [-0.2, -0.15) is 0 Å². The first-order chi connectivity index (χ1) is 14.4. The number of para-hydroxylation sites is 1. The summed E-state index contributed by atoms with van der Waals surface area (Å²) in [6.07, 6.45) is 0. The third-order valence-electron chi connectivity index (χ3n) is 5.60. The summed E-state index contributed by atoms with van der Waals surface area (Å²) in [6.45, 7) is 7.80. The summed E-state index contributed by atoms with van der Waals surface area (Å²) in [6, 6.07) is 13.7. The van der Waals surface area contributed by atoms with Crippen molar-refractivity contribution in [3.63, 3.8) is 0 Å². The molecule has 8 heteroatoms. The van der Waals surface area contributed by atoms with Crippen LogP contribution in [-0.4, -0.2) is 66.3 Å². The minimum atomic E-state index is -3.66. The third kappa shape index (κ3) is 5.06. The Bertz CT molecular complexity index is 942. The smallest absolute Gasteiger partial charge is 0.241 e. The summed E-state index contributed by atoms with van der Waals surface area (Å²) < 4.78 is 39.1.